The number of aliphatic hydroxyl groups excluding tert-OH is 3. The molecule has 3 aromatic rings. The van der Waals surface area contributed by atoms with Crippen LogP contribution in [0.4, 0.5) is 0 Å². The van der Waals surface area contributed by atoms with Gasteiger partial charge in [0.2, 0.25) is 6.29 Å². The lowest BCUT2D eigenvalue weighted by Gasteiger charge is -2.38. The summed E-state index contributed by atoms with van der Waals surface area (Å²) < 4.78 is 32.2. The van der Waals surface area contributed by atoms with Crippen molar-refractivity contribution in [3.05, 3.63) is 40.8 Å². The van der Waals surface area contributed by atoms with Gasteiger partial charge >= 0.3 is 11.6 Å². The highest BCUT2D eigenvalue weighted by Gasteiger charge is 2.48. The third-order valence-electron chi connectivity index (χ3n) is 5.86. The number of carbonyl (C=O) groups is 1. The van der Waals surface area contributed by atoms with Gasteiger partial charge < -0.3 is 53.6 Å². The number of fused-ring (bicyclic) bond motifs is 1. The topological polar surface area (TPSA) is 195 Å². The Kier molecular flexibility index (Phi) is 7.14. The van der Waals surface area contributed by atoms with E-state index < -0.39 is 48.1 Å². The number of ether oxygens (including phenoxy) is 5. The summed E-state index contributed by atoms with van der Waals surface area (Å²) in [6.07, 6.45) is -9.41. The van der Waals surface area contributed by atoms with Crippen LogP contribution in [0.15, 0.2) is 39.5 Å². The second-order valence-corrected chi connectivity index (χ2v) is 8.04. The zero-order valence-corrected chi connectivity index (χ0v) is 19.8. The molecule has 1 aliphatic rings. The van der Waals surface area contributed by atoms with E-state index >= 15 is 0 Å². The lowest BCUT2D eigenvalue weighted by Crippen LogP contribution is -2.61. The number of benzene rings is 2. The molecule has 1 aliphatic heterocycles. The van der Waals surface area contributed by atoms with Crippen molar-refractivity contribution in [1.29, 1.82) is 0 Å². The quantitative estimate of drug-likeness (QED) is 0.270. The van der Waals surface area contributed by atoms with Crippen molar-refractivity contribution in [3.8, 4) is 39.9 Å². The zero-order chi connectivity index (χ0) is 27.0. The van der Waals surface area contributed by atoms with Crippen molar-refractivity contribution in [2.24, 2.45) is 0 Å². The number of rotatable bonds is 7. The Morgan fingerprint density at radius 2 is 1.65 bits per heavy atom. The molecular formula is C24H24O13. The predicted molar refractivity (Wildman–Crippen MR) is 124 cm³/mol. The van der Waals surface area contributed by atoms with Crippen LogP contribution in [0, 0.1) is 0 Å². The zero-order valence-electron chi connectivity index (χ0n) is 19.8. The van der Waals surface area contributed by atoms with Gasteiger partial charge in [0.1, 0.15) is 52.1 Å². The highest BCUT2D eigenvalue weighted by Crippen LogP contribution is 2.43. The summed E-state index contributed by atoms with van der Waals surface area (Å²) in [5.74, 6) is -1.65. The van der Waals surface area contributed by atoms with Crippen LogP contribution in [0.2, 0.25) is 0 Å². The molecule has 4 rings (SSSR count). The molecule has 37 heavy (non-hydrogen) atoms. The largest absolute Gasteiger partial charge is 0.504 e. The van der Waals surface area contributed by atoms with E-state index in [0.29, 0.717) is 11.1 Å². The second kappa shape index (κ2) is 10.1. The molecule has 2 heterocycles. The van der Waals surface area contributed by atoms with Crippen LogP contribution in [-0.4, -0.2) is 83.5 Å². The van der Waals surface area contributed by atoms with E-state index in [1.54, 1.807) is 6.07 Å². The number of hydrogen-bond acceptors (Lipinski definition) is 12. The van der Waals surface area contributed by atoms with E-state index in [0.717, 1.165) is 0 Å². The minimum atomic E-state index is -1.92. The average molecular weight is 520 g/mol. The maximum atomic E-state index is 13.0. The van der Waals surface area contributed by atoms with E-state index in [2.05, 4.69) is 0 Å². The number of aliphatic carboxylic acids is 1. The molecule has 0 aliphatic carbocycles. The Labute approximate surface area is 208 Å². The molecule has 0 amide bonds. The maximum Gasteiger partial charge on any atom is 0.348 e. The first-order valence-corrected chi connectivity index (χ1v) is 10.8. The Balaban J connectivity index is 1.81. The molecule has 1 aromatic heterocycles. The second-order valence-electron chi connectivity index (χ2n) is 8.04. The highest BCUT2D eigenvalue weighted by atomic mass is 16.7. The summed E-state index contributed by atoms with van der Waals surface area (Å²) in [4.78, 5) is 24.4. The van der Waals surface area contributed by atoms with Gasteiger partial charge in [-0.25, -0.2) is 9.59 Å². The monoisotopic (exact) mass is 520 g/mol. The summed E-state index contributed by atoms with van der Waals surface area (Å²) in [6.45, 7) is 0. The fourth-order valence-corrected chi connectivity index (χ4v) is 4.01. The minimum absolute atomic E-state index is 0.0627. The Bertz CT molecular complexity index is 1380. The normalized spacial score (nSPS) is 23.5. The summed E-state index contributed by atoms with van der Waals surface area (Å²) >= 11 is 0. The molecule has 0 bridgehead atoms. The molecule has 1 saturated heterocycles. The Hall–Kier alpha value is -4.04. The lowest BCUT2D eigenvalue weighted by atomic mass is 9.99. The molecule has 198 valence electrons. The lowest BCUT2D eigenvalue weighted by molar-refractivity contribution is -0.271. The summed E-state index contributed by atoms with van der Waals surface area (Å²) in [5.41, 5.74) is -0.594. The number of aromatic hydroxyl groups is 1. The molecule has 0 radical (unpaired) electrons. The average Bonchev–Trinajstić information content (AvgIpc) is 2.88. The van der Waals surface area contributed by atoms with Crippen LogP contribution >= 0.6 is 0 Å². The number of hydrogen-bond donors (Lipinski definition) is 5. The highest BCUT2D eigenvalue weighted by molar-refractivity contribution is 5.96. The van der Waals surface area contributed by atoms with Gasteiger partial charge in [0.05, 0.1) is 21.3 Å². The van der Waals surface area contributed by atoms with E-state index in [9.17, 15) is 35.1 Å². The smallest absolute Gasteiger partial charge is 0.348 e. The van der Waals surface area contributed by atoms with Gasteiger partial charge in [-0.3, -0.25) is 0 Å². The maximum absolute atomic E-state index is 13.0. The molecular weight excluding hydrogens is 496 g/mol. The van der Waals surface area contributed by atoms with Crippen LogP contribution in [0.25, 0.3) is 22.1 Å². The molecule has 2 aromatic carbocycles. The first-order valence-electron chi connectivity index (χ1n) is 10.8. The molecule has 0 saturated carbocycles. The van der Waals surface area contributed by atoms with Crippen LogP contribution in [0.1, 0.15) is 0 Å². The third-order valence-corrected chi connectivity index (χ3v) is 5.86. The van der Waals surface area contributed by atoms with Crippen molar-refractivity contribution in [1.82, 2.24) is 0 Å². The number of carboxylic acids is 1. The molecule has 1 fully saturated rings. The molecule has 13 heteroatoms. The van der Waals surface area contributed by atoms with E-state index in [1.807, 2.05) is 0 Å². The Morgan fingerprint density at radius 3 is 2.27 bits per heavy atom. The van der Waals surface area contributed by atoms with Crippen LogP contribution in [0.5, 0.6) is 28.7 Å². The van der Waals surface area contributed by atoms with Crippen molar-refractivity contribution in [2.45, 2.75) is 30.7 Å². The van der Waals surface area contributed by atoms with Crippen molar-refractivity contribution >= 4 is 16.9 Å². The van der Waals surface area contributed by atoms with Crippen molar-refractivity contribution in [2.75, 3.05) is 21.3 Å². The van der Waals surface area contributed by atoms with Crippen LogP contribution in [-0.2, 0) is 9.53 Å². The van der Waals surface area contributed by atoms with Gasteiger partial charge in [-0.05, 0) is 17.7 Å². The molecule has 5 N–H and O–H groups in total. The molecule has 5 unspecified atom stereocenters. The molecule has 13 nitrogen and oxygen atoms in total. The number of aliphatic hydroxyl groups is 3. The minimum Gasteiger partial charge on any atom is -0.504 e. The first kappa shape index (κ1) is 26.0. The van der Waals surface area contributed by atoms with Crippen LogP contribution < -0.4 is 24.6 Å². The van der Waals surface area contributed by atoms with Crippen LogP contribution in [0.3, 0.4) is 0 Å². The van der Waals surface area contributed by atoms with Gasteiger partial charge in [0.25, 0.3) is 0 Å². The molecule has 5 atom stereocenters. The predicted octanol–water partition coefficient (Wildman–Crippen LogP) is 0.462. The van der Waals surface area contributed by atoms with E-state index in [1.165, 1.54) is 45.6 Å². The number of carboxylic acid groups (broad SMARTS) is 1. The Morgan fingerprint density at radius 1 is 0.919 bits per heavy atom. The van der Waals surface area contributed by atoms with Gasteiger partial charge in [-0.15, -0.1) is 0 Å². The standard InChI is InChI=1S/C24H24O13/c1-32-10-7-13(33-2)16-14(8-10)35-23(31)15(20(16)34-3)9-4-5-11(25)12(6-9)36-24-19(28)17(26)18(27)21(37-24)22(29)30/h4-8,17-19,21,24-28H,1-3H3,(H,29,30). The number of phenols is 1. The van der Waals surface area contributed by atoms with Gasteiger partial charge in [-0.1, -0.05) is 6.07 Å². The van der Waals surface area contributed by atoms with Gasteiger partial charge in [0.15, 0.2) is 17.6 Å². The fourth-order valence-electron chi connectivity index (χ4n) is 4.01. The van der Waals surface area contributed by atoms with Gasteiger partial charge in [0, 0.05) is 12.1 Å². The van der Waals surface area contributed by atoms with Crippen molar-refractivity contribution < 1.29 is 58.4 Å². The SMILES string of the molecule is COc1cc(OC)c2c(OC)c(-c3ccc(O)c(OC4OC(C(=O)O)C(O)C(O)C4O)c3)c(=O)oc2c1. The summed E-state index contributed by atoms with van der Waals surface area (Å²) in [5, 5.41) is 50.0. The van der Waals surface area contributed by atoms with Gasteiger partial charge in [-0.2, -0.15) is 0 Å². The summed E-state index contributed by atoms with van der Waals surface area (Å²) in [7, 11) is 4.19. The first-order chi connectivity index (χ1) is 17.6. The fraction of sp³-hybridized carbons (Fsp3) is 0.333. The van der Waals surface area contributed by atoms with Crippen molar-refractivity contribution in [3.63, 3.8) is 0 Å². The molecule has 0 spiro atoms. The number of phenolic OH excluding ortho intramolecular Hbond substituents is 1. The number of methoxy groups -OCH3 is 3. The van der Waals surface area contributed by atoms with E-state index in [4.69, 9.17) is 28.1 Å². The summed E-state index contributed by atoms with van der Waals surface area (Å²) in [6, 6.07) is 6.80. The van der Waals surface area contributed by atoms with E-state index in [-0.39, 0.29) is 34.0 Å². The third kappa shape index (κ3) is 4.60.